The number of hydrogen-bond acceptors (Lipinski definition) is 8. The Bertz CT molecular complexity index is 924. The molecule has 1 heterocycles. The molecule has 30 heavy (non-hydrogen) atoms. The van der Waals surface area contributed by atoms with Crippen LogP contribution in [0.5, 0.6) is 5.75 Å². The average Bonchev–Trinajstić information content (AvgIpc) is 2.78. The van der Waals surface area contributed by atoms with Gasteiger partial charge in [0, 0.05) is 36.6 Å². The number of esters is 1. The van der Waals surface area contributed by atoms with Crippen molar-refractivity contribution in [2.45, 2.75) is 0 Å². The number of nitrogens with one attached hydrogen (secondary N) is 1. The van der Waals surface area contributed by atoms with E-state index in [-0.39, 0.29) is 17.0 Å². The standard InChI is InChI=1S/C20H21N3O7/c1-28-18-7-6-16(23(26)27)12-17(18)20(25)30-13-19(24)21-14-2-4-15(5-3-14)22-8-10-29-11-9-22/h2-7,12H,8-11,13H2,1H3,(H,21,24). The van der Waals surface area contributed by atoms with Crippen molar-refractivity contribution >= 4 is 28.9 Å². The molecular formula is C20H21N3O7. The lowest BCUT2D eigenvalue weighted by molar-refractivity contribution is -0.384. The number of nitro groups is 1. The summed E-state index contributed by atoms with van der Waals surface area (Å²) in [6, 6.07) is 10.8. The summed E-state index contributed by atoms with van der Waals surface area (Å²) >= 11 is 0. The first-order chi connectivity index (χ1) is 14.5. The van der Waals surface area contributed by atoms with Gasteiger partial charge in [0.15, 0.2) is 6.61 Å². The van der Waals surface area contributed by atoms with E-state index in [0.29, 0.717) is 18.9 Å². The topological polar surface area (TPSA) is 120 Å². The number of amides is 1. The number of ether oxygens (including phenoxy) is 3. The normalized spacial score (nSPS) is 13.4. The quantitative estimate of drug-likeness (QED) is 0.415. The molecule has 0 bridgehead atoms. The summed E-state index contributed by atoms with van der Waals surface area (Å²) in [6.07, 6.45) is 0. The number of nitro benzene ring substituents is 1. The summed E-state index contributed by atoms with van der Waals surface area (Å²) in [6.45, 7) is 2.43. The highest BCUT2D eigenvalue weighted by Gasteiger charge is 2.20. The molecule has 1 saturated heterocycles. The fourth-order valence-corrected chi connectivity index (χ4v) is 2.95. The fraction of sp³-hybridized carbons (Fsp3) is 0.300. The van der Waals surface area contributed by atoms with Crippen LogP contribution >= 0.6 is 0 Å². The van der Waals surface area contributed by atoms with Gasteiger partial charge in [-0.15, -0.1) is 0 Å². The molecule has 1 amide bonds. The molecule has 10 heteroatoms. The van der Waals surface area contributed by atoms with Gasteiger partial charge in [0.2, 0.25) is 0 Å². The lowest BCUT2D eigenvalue weighted by Crippen LogP contribution is -2.36. The minimum absolute atomic E-state index is 0.115. The second-order valence-electron chi connectivity index (χ2n) is 6.41. The number of carbonyl (C=O) groups is 2. The van der Waals surface area contributed by atoms with E-state index in [1.165, 1.54) is 19.2 Å². The number of methoxy groups -OCH3 is 1. The third-order valence-electron chi connectivity index (χ3n) is 4.48. The predicted octanol–water partition coefficient (Wildman–Crippen LogP) is 2.24. The van der Waals surface area contributed by atoms with Crippen LogP contribution in [0, 0.1) is 10.1 Å². The number of carbonyl (C=O) groups excluding carboxylic acids is 2. The molecule has 0 unspecified atom stereocenters. The van der Waals surface area contributed by atoms with Crippen LogP contribution in [0.25, 0.3) is 0 Å². The highest BCUT2D eigenvalue weighted by molar-refractivity contribution is 5.97. The number of non-ortho nitro benzene ring substituents is 1. The van der Waals surface area contributed by atoms with Crippen LogP contribution < -0.4 is 15.0 Å². The van der Waals surface area contributed by atoms with Gasteiger partial charge in [-0.3, -0.25) is 14.9 Å². The first-order valence-corrected chi connectivity index (χ1v) is 9.20. The van der Waals surface area contributed by atoms with E-state index in [1.54, 1.807) is 12.1 Å². The molecular weight excluding hydrogens is 394 g/mol. The predicted molar refractivity (Wildman–Crippen MR) is 108 cm³/mol. The Morgan fingerprint density at radius 3 is 2.50 bits per heavy atom. The van der Waals surface area contributed by atoms with Crippen LogP contribution in [0.4, 0.5) is 17.1 Å². The molecule has 158 valence electrons. The molecule has 3 rings (SSSR count). The van der Waals surface area contributed by atoms with Crippen molar-refractivity contribution in [3.05, 3.63) is 58.1 Å². The number of hydrogen-bond donors (Lipinski definition) is 1. The summed E-state index contributed by atoms with van der Waals surface area (Å²) in [5.41, 5.74) is 1.17. The number of morpholine rings is 1. The van der Waals surface area contributed by atoms with Crippen LogP contribution in [-0.4, -0.2) is 56.8 Å². The zero-order valence-electron chi connectivity index (χ0n) is 16.3. The summed E-state index contributed by atoms with van der Waals surface area (Å²) < 4.78 is 15.3. The molecule has 1 aliphatic heterocycles. The maximum atomic E-state index is 12.3. The van der Waals surface area contributed by atoms with E-state index in [9.17, 15) is 19.7 Å². The smallest absolute Gasteiger partial charge is 0.342 e. The molecule has 1 aliphatic rings. The van der Waals surface area contributed by atoms with Gasteiger partial charge in [0.1, 0.15) is 11.3 Å². The molecule has 2 aromatic rings. The van der Waals surface area contributed by atoms with E-state index >= 15 is 0 Å². The van der Waals surface area contributed by atoms with Crippen molar-refractivity contribution < 1.29 is 28.7 Å². The van der Waals surface area contributed by atoms with Crippen molar-refractivity contribution in [3.8, 4) is 5.75 Å². The van der Waals surface area contributed by atoms with E-state index in [4.69, 9.17) is 14.2 Å². The van der Waals surface area contributed by atoms with Crippen molar-refractivity contribution in [2.75, 3.05) is 50.2 Å². The zero-order chi connectivity index (χ0) is 21.5. The maximum absolute atomic E-state index is 12.3. The number of benzene rings is 2. The second kappa shape index (κ2) is 9.70. The van der Waals surface area contributed by atoms with Crippen molar-refractivity contribution in [2.24, 2.45) is 0 Å². The first kappa shape index (κ1) is 21.1. The molecule has 1 N–H and O–H groups in total. The minimum Gasteiger partial charge on any atom is -0.496 e. The molecule has 0 radical (unpaired) electrons. The summed E-state index contributed by atoms with van der Waals surface area (Å²) in [5.74, 6) is -1.31. The van der Waals surface area contributed by atoms with E-state index < -0.39 is 23.4 Å². The van der Waals surface area contributed by atoms with Crippen LogP contribution in [0.2, 0.25) is 0 Å². The van der Waals surface area contributed by atoms with Gasteiger partial charge in [-0.25, -0.2) is 4.79 Å². The van der Waals surface area contributed by atoms with Crippen molar-refractivity contribution in [1.29, 1.82) is 0 Å². The second-order valence-corrected chi connectivity index (χ2v) is 6.41. The Labute approximate surface area is 172 Å². The number of anilines is 2. The van der Waals surface area contributed by atoms with Gasteiger partial charge in [0.05, 0.1) is 25.2 Å². The Morgan fingerprint density at radius 2 is 1.87 bits per heavy atom. The number of nitrogens with zero attached hydrogens (tertiary/aromatic N) is 2. The van der Waals surface area contributed by atoms with Gasteiger partial charge in [-0.2, -0.15) is 0 Å². The molecule has 0 aromatic heterocycles. The van der Waals surface area contributed by atoms with E-state index in [2.05, 4.69) is 10.2 Å². The lowest BCUT2D eigenvalue weighted by atomic mass is 10.2. The van der Waals surface area contributed by atoms with Gasteiger partial charge < -0.3 is 24.4 Å². The summed E-state index contributed by atoms with van der Waals surface area (Å²) in [5, 5.41) is 13.5. The van der Waals surface area contributed by atoms with E-state index in [1.807, 2.05) is 12.1 Å². The Kier molecular flexibility index (Phi) is 6.81. The van der Waals surface area contributed by atoms with Crippen molar-refractivity contribution in [1.82, 2.24) is 0 Å². The fourth-order valence-electron chi connectivity index (χ4n) is 2.95. The molecule has 0 spiro atoms. The highest BCUT2D eigenvalue weighted by atomic mass is 16.6. The van der Waals surface area contributed by atoms with Crippen LogP contribution in [-0.2, 0) is 14.3 Å². The van der Waals surface area contributed by atoms with Crippen molar-refractivity contribution in [3.63, 3.8) is 0 Å². The Balaban J connectivity index is 1.56. The molecule has 0 aliphatic carbocycles. The van der Waals surface area contributed by atoms with Gasteiger partial charge in [-0.05, 0) is 30.3 Å². The largest absolute Gasteiger partial charge is 0.496 e. The van der Waals surface area contributed by atoms with Crippen LogP contribution in [0.15, 0.2) is 42.5 Å². The highest BCUT2D eigenvalue weighted by Crippen LogP contribution is 2.25. The third-order valence-corrected chi connectivity index (χ3v) is 4.48. The Hall–Kier alpha value is -3.66. The van der Waals surface area contributed by atoms with Gasteiger partial charge in [0.25, 0.3) is 11.6 Å². The monoisotopic (exact) mass is 415 g/mol. The SMILES string of the molecule is COc1ccc([N+](=O)[O-])cc1C(=O)OCC(=O)Nc1ccc(N2CCOCC2)cc1. The Morgan fingerprint density at radius 1 is 1.17 bits per heavy atom. The van der Waals surface area contributed by atoms with E-state index in [0.717, 1.165) is 24.8 Å². The summed E-state index contributed by atoms with van der Waals surface area (Å²) in [4.78, 5) is 36.8. The lowest BCUT2D eigenvalue weighted by Gasteiger charge is -2.28. The molecule has 0 saturated carbocycles. The molecule has 1 fully saturated rings. The molecule has 2 aromatic carbocycles. The summed E-state index contributed by atoms with van der Waals surface area (Å²) in [7, 11) is 1.32. The average molecular weight is 415 g/mol. The molecule has 0 atom stereocenters. The maximum Gasteiger partial charge on any atom is 0.342 e. The molecule has 10 nitrogen and oxygen atoms in total. The first-order valence-electron chi connectivity index (χ1n) is 9.20. The minimum atomic E-state index is -0.895. The van der Waals surface area contributed by atoms with Crippen LogP contribution in [0.3, 0.4) is 0 Å². The van der Waals surface area contributed by atoms with Gasteiger partial charge >= 0.3 is 5.97 Å². The van der Waals surface area contributed by atoms with Crippen LogP contribution in [0.1, 0.15) is 10.4 Å². The zero-order valence-corrected chi connectivity index (χ0v) is 16.3. The van der Waals surface area contributed by atoms with Gasteiger partial charge in [-0.1, -0.05) is 0 Å². The third kappa shape index (κ3) is 5.23. The number of rotatable bonds is 7.